The highest BCUT2D eigenvalue weighted by Crippen LogP contribution is 2.10. The molecule has 0 bridgehead atoms. The standard InChI is InChI=1S/C10H16NO3S/c1-3-14-10(13)6-11-7-15-9(4-5-12)8(11)2/h7,12H,3-6H2,1-2H3/q+1. The molecular formula is C10H16NO3S+. The second-order valence-electron chi connectivity index (χ2n) is 3.14. The molecule has 1 heterocycles. The first-order valence-electron chi connectivity index (χ1n) is 4.92. The summed E-state index contributed by atoms with van der Waals surface area (Å²) in [6, 6.07) is 0. The summed E-state index contributed by atoms with van der Waals surface area (Å²) in [5.41, 5.74) is 2.92. The van der Waals surface area contributed by atoms with Gasteiger partial charge in [-0.3, -0.25) is 0 Å². The quantitative estimate of drug-likeness (QED) is 0.590. The van der Waals surface area contributed by atoms with Crippen molar-refractivity contribution in [3.63, 3.8) is 0 Å². The number of esters is 1. The molecule has 1 aromatic heterocycles. The van der Waals surface area contributed by atoms with E-state index in [1.165, 1.54) is 0 Å². The molecule has 1 rings (SSSR count). The Morgan fingerprint density at radius 1 is 1.67 bits per heavy atom. The minimum Gasteiger partial charge on any atom is -0.461 e. The molecular weight excluding hydrogens is 214 g/mol. The number of ether oxygens (including phenoxy) is 1. The van der Waals surface area contributed by atoms with E-state index >= 15 is 0 Å². The Morgan fingerprint density at radius 2 is 2.40 bits per heavy atom. The molecule has 0 radical (unpaired) electrons. The molecule has 0 saturated carbocycles. The van der Waals surface area contributed by atoms with E-state index in [0.29, 0.717) is 13.0 Å². The van der Waals surface area contributed by atoms with Crippen LogP contribution in [0.25, 0.3) is 0 Å². The molecule has 1 N–H and O–H groups in total. The number of carbonyl (C=O) groups excluding carboxylic acids is 1. The molecule has 0 aromatic carbocycles. The number of hydrogen-bond donors (Lipinski definition) is 1. The van der Waals surface area contributed by atoms with Crippen molar-refractivity contribution >= 4 is 17.3 Å². The fourth-order valence-electron chi connectivity index (χ4n) is 1.29. The first-order chi connectivity index (χ1) is 7.19. The van der Waals surface area contributed by atoms with Crippen molar-refractivity contribution in [1.82, 2.24) is 0 Å². The van der Waals surface area contributed by atoms with Crippen molar-refractivity contribution in [2.75, 3.05) is 13.2 Å². The van der Waals surface area contributed by atoms with Crippen LogP contribution in [-0.4, -0.2) is 24.3 Å². The lowest BCUT2D eigenvalue weighted by molar-refractivity contribution is -0.687. The van der Waals surface area contributed by atoms with Crippen molar-refractivity contribution in [2.45, 2.75) is 26.8 Å². The zero-order chi connectivity index (χ0) is 11.3. The largest absolute Gasteiger partial charge is 0.461 e. The van der Waals surface area contributed by atoms with E-state index in [1.807, 2.05) is 17.0 Å². The Morgan fingerprint density at radius 3 is 3.00 bits per heavy atom. The van der Waals surface area contributed by atoms with E-state index in [4.69, 9.17) is 9.84 Å². The Balaban J connectivity index is 2.65. The summed E-state index contributed by atoms with van der Waals surface area (Å²) in [5, 5.41) is 8.83. The van der Waals surface area contributed by atoms with Crippen molar-refractivity contribution in [2.24, 2.45) is 0 Å². The van der Waals surface area contributed by atoms with Crippen LogP contribution in [0.1, 0.15) is 17.5 Å². The van der Waals surface area contributed by atoms with Crippen LogP contribution < -0.4 is 4.57 Å². The van der Waals surface area contributed by atoms with Gasteiger partial charge in [0.05, 0.1) is 11.5 Å². The molecule has 0 aliphatic carbocycles. The van der Waals surface area contributed by atoms with E-state index in [9.17, 15) is 4.79 Å². The van der Waals surface area contributed by atoms with Crippen LogP contribution in [0.5, 0.6) is 0 Å². The Hall–Kier alpha value is -0.940. The van der Waals surface area contributed by atoms with Gasteiger partial charge in [-0.2, -0.15) is 4.57 Å². The number of thiazole rings is 1. The highest BCUT2D eigenvalue weighted by Gasteiger charge is 2.18. The molecule has 0 unspecified atom stereocenters. The molecule has 0 aliphatic heterocycles. The molecule has 0 saturated heterocycles. The van der Waals surface area contributed by atoms with Gasteiger partial charge in [-0.25, -0.2) is 4.79 Å². The number of aromatic nitrogens is 1. The second-order valence-corrected chi connectivity index (χ2v) is 4.08. The molecule has 84 valence electrons. The predicted octanol–water partition coefficient (Wildman–Crippen LogP) is 0.442. The maximum atomic E-state index is 11.2. The Labute approximate surface area is 93.1 Å². The topological polar surface area (TPSA) is 50.4 Å². The van der Waals surface area contributed by atoms with Gasteiger partial charge in [0.1, 0.15) is 0 Å². The molecule has 0 atom stereocenters. The van der Waals surface area contributed by atoms with Crippen LogP contribution in [0.2, 0.25) is 0 Å². The summed E-state index contributed by atoms with van der Waals surface area (Å²) >= 11 is 1.56. The number of hydrogen-bond acceptors (Lipinski definition) is 4. The molecule has 5 heteroatoms. The van der Waals surface area contributed by atoms with Crippen LogP contribution in [-0.2, 0) is 22.5 Å². The van der Waals surface area contributed by atoms with Gasteiger partial charge < -0.3 is 9.84 Å². The van der Waals surface area contributed by atoms with Crippen molar-refractivity contribution in [3.05, 3.63) is 16.1 Å². The van der Waals surface area contributed by atoms with E-state index < -0.39 is 0 Å². The highest BCUT2D eigenvalue weighted by molar-refractivity contribution is 7.09. The lowest BCUT2D eigenvalue weighted by Gasteiger charge is -1.97. The van der Waals surface area contributed by atoms with Gasteiger partial charge in [-0.05, 0) is 6.92 Å². The third-order valence-electron chi connectivity index (χ3n) is 2.10. The van der Waals surface area contributed by atoms with E-state index in [1.54, 1.807) is 18.3 Å². The van der Waals surface area contributed by atoms with Gasteiger partial charge in [-0.15, -0.1) is 0 Å². The average molecular weight is 230 g/mol. The summed E-state index contributed by atoms with van der Waals surface area (Å²) in [4.78, 5) is 12.4. The lowest BCUT2D eigenvalue weighted by Crippen LogP contribution is -2.39. The van der Waals surface area contributed by atoms with E-state index in [-0.39, 0.29) is 19.1 Å². The summed E-state index contributed by atoms with van der Waals surface area (Å²) < 4.78 is 6.72. The highest BCUT2D eigenvalue weighted by atomic mass is 32.1. The number of rotatable bonds is 5. The Bertz CT molecular complexity index is 335. The zero-order valence-corrected chi connectivity index (χ0v) is 9.84. The van der Waals surface area contributed by atoms with Gasteiger partial charge in [0.25, 0.3) is 0 Å². The fraction of sp³-hybridized carbons (Fsp3) is 0.600. The fourth-order valence-corrected chi connectivity index (χ4v) is 2.28. The number of aliphatic hydroxyl groups is 1. The lowest BCUT2D eigenvalue weighted by atomic mass is 10.3. The monoisotopic (exact) mass is 230 g/mol. The normalized spacial score (nSPS) is 10.3. The first kappa shape index (κ1) is 12.1. The molecule has 15 heavy (non-hydrogen) atoms. The number of aliphatic hydroxyl groups excluding tert-OH is 1. The predicted molar refractivity (Wildman–Crippen MR) is 56.7 cm³/mol. The van der Waals surface area contributed by atoms with Crippen molar-refractivity contribution < 1.29 is 19.2 Å². The molecule has 4 nitrogen and oxygen atoms in total. The van der Waals surface area contributed by atoms with Gasteiger partial charge in [0, 0.05) is 20.0 Å². The second kappa shape index (κ2) is 5.82. The summed E-state index contributed by atoms with van der Waals surface area (Å²) in [5.74, 6) is -0.223. The van der Waals surface area contributed by atoms with Gasteiger partial charge in [-0.1, -0.05) is 11.3 Å². The zero-order valence-electron chi connectivity index (χ0n) is 9.02. The van der Waals surface area contributed by atoms with Crippen molar-refractivity contribution in [3.8, 4) is 0 Å². The number of carbonyl (C=O) groups is 1. The molecule has 0 aliphatic rings. The molecule has 0 amide bonds. The maximum absolute atomic E-state index is 11.2. The van der Waals surface area contributed by atoms with Crippen LogP contribution in [0, 0.1) is 6.92 Å². The minimum atomic E-state index is -0.223. The van der Waals surface area contributed by atoms with Crippen molar-refractivity contribution in [1.29, 1.82) is 0 Å². The van der Waals surface area contributed by atoms with Crippen LogP contribution in [0.15, 0.2) is 5.51 Å². The summed E-state index contributed by atoms with van der Waals surface area (Å²) in [6.07, 6.45) is 0.645. The SMILES string of the molecule is CCOC(=O)C[n+]1csc(CCO)c1C. The van der Waals surface area contributed by atoms with E-state index in [2.05, 4.69) is 0 Å². The molecule has 1 aromatic rings. The molecule has 0 fully saturated rings. The maximum Gasteiger partial charge on any atom is 0.372 e. The summed E-state index contributed by atoms with van der Waals surface area (Å²) in [6.45, 7) is 4.54. The number of nitrogens with zero attached hydrogens (tertiary/aromatic N) is 1. The van der Waals surface area contributed by atoms with Gasteiger partial charge in [0.2, 0.25) is 12.1 Å². The summed E-state index contributed by atoms with van der Waals surface area (Å²) in [7, 11) is 0. The van der Waals surface area contributed by atoms with Crippen LogP contribution >= 0.6 is 11.3 Å². The third-order valence-corrected chi connectivity index (χ3v) is 3.24. The van der Waals surface area contributed by atoms with Gasteiger partial charge in [0.15, 0.2) is 5.69 Å². The minimum absolute atomic E-state index is 0.140. The van der Waals surface area contributed by atoms with Crippen LogP contribution in [0.4, 0.5) is 0 Å². The molecule has 0 spiro atoms. The Kier molecular flexibility index (Phi) is 4.71. The average Bonchev–Trinajstić information content (AvgIpc) is 2.51. The van der Waals surface area contributed by atoms with Crippen LogP contribution in [0.3, 0.4) is 0 Å². The first-order valence-corrected chi connectivity index (χ1v) is 5.79. The third kappa shape index (κ3) is 3.28. The smallest absolute Gasteiger partial charge is 0.372 e. The van der Waals surface area contributed by atoms with E-state index in [0.717, 1.165) is 10.6 Å². The van der Waals surface area contributed by atoms with Gasteiger partial charge >= 0.3 is 5.97 Å².